The van der Waals surface area contributed by atoms with E-state index in [1.165, 1.54) is 24.8 Å². The van der Waals surface area contributed by atoms with Crippen LogP contribution in [0.3, 0.4) is 0 Å². The average molecular weight is 193 g/mol. The molecule has 1 unspecified atom stereocenters. The Hall–Kier alpha value is -0.830. The summed E-state index contributed by atoms with van der Waals surface area (Å²) < 4.78 is 2.13. The Bertz CT molecular complexity index is 288. The fourth-order valence-electron chi connectivity index (χ4n) is 1.82. The van der Waals surface area contributed by atoms with E-state index < -0.39 is 0 Å². The smallest absolute Gasteiger partial charge is 0.0521 e. The molecule has 1 heterocycles. The normalized spacial score (nSPS) is 19.3. The Balaban J connectivity index is 1.95. The van der Waals surface area contributed by atoms with Gasteiger partial charge >= 0.3 is 0 Å². The van der Waals surface area contributed by atoms with Gasteiger partial charge in [-0.2, -0.15) is 5.10 Å². The van der Waals surface area contributed by atoms with Gasteiger partial charge in [0, 0.05) is 6.20 Å². The lowest BCUT2D eigenvalue weighted by molar-refractivity contribution is 0.289. The molecular weight excluding hydrogens is 174 g/mol. The van der Waals surface area contributed by atoms with Gasteiger partial charge in [-0.25, -0.2) is 0 Å². The van der Waals surface area contributed by atoms with Crippen molar-refractivity contribution in [2.45, 2.75) is 38.6 Å². The molecule has 3 heteroatoms. The van der Waals surface area contributed by atoms with Gasteiger partial charge in [-0.3, -0.25) is 4.68 Å². The summed E-state index contributed by atoms with van der Waals surface area (Å²) in [6, 6.07) is 0.678. The average Bonchev–Trinajstić information content (AvgIpc) is 2.50. The minimum Gasteiger partial charge on any atom is -0.330 e. The molecule has 2 N–H and O–H groups in total. The summed E-state index contributed by atoms with van der Waals surface area (Å²) in [5.74, 6) is 0.564. The molecule has 1 aromatic rings. The van der Waals surface area contributed by atoms with Gasteiger partial charge in [0.25, 0.3) is 0 Å². The second kappa shape index (κ2) is 4.13. The summed E-state index contributed by atoms with van der Waals surface area (Å²) in [6.45, 7) is 2.94. The fraction of sp³-hybridized carbons (Fsp3) is 0.727. The molecule has 0 aliphatic heterocycles. The number of nitrogens with two attached hydrogens (primary N) is 1. The highest BCUT2D eigenvalue weighted by Gasteiger charge is 2.19. The van der Waals surface area contributed by atoms with Gasteiger partial charge in [0.2, 0.25) is 0 Å². The Morgan fingerprint density at radius 1 is 1.64 bits per heavy atom. The highest BCUT2D eigenvalue weighted by molar-refractivity contribution is 5.06. The van der Waals surface area contributed by atoms with Gasteiger partial charge in [-0.15, -0.1) is 0 Å². The molecule has 0 amide bonds. The summed E-state index contributed by atoms with van der Waals surface area (Å²) in [4.78, 5) is 0. The van der Waals surface area contributed by atoms with E-state index in [1.807, 2.05) is 6.20 Å². The minimum atomic E-state index is 0.564. The number of hydrogen-bond acceptors (Lipinski definition) is 2. The van der Waals surface area contributed by atoms with E-state index in [-0.39, 0.29) is 0 Å². The van der Waals surface area contributed by atoms with Crippen molar-refractivity contribution in [1.82, 2.24) is 9.78 Å². The van der Waals surface area contributed by atoms with Crippen LogP contribution >= 0.6 is 0 Å². The molecule has 2 rings (SSSR count). The first kappa shape index (κ1) is 9.71. The van der Waals surface area contributed by atoms with Crippen LogP contribution in [0.1, 0.15) is 37.8 Å². The van der Waals surface area contributed by atoms with Gasteiger partial charge in [-0.05, 0) is 43.7 Å². The van der Waals surface area contributed by atoms with Crippen LogP contribution in [-0.2, 0) is 6.42 Å². The summed E-state index contributed by atoms with van der Waals surface area (Å²) in [5, 5.41) is 4.40. The molecule has 14 heavy (non-hydrogen) atoms. The highest BCUT2D eigenvalue weighted by atomic mass is 15.3. The molecule has 0 saturated heterocycles. The number of rotatable bonds is 4. The maximum absolute atomic E-state index is 5.60. The zero-order valence-electron chi connectivity index (χ0n) is 8.82. The third-order valence-electron chi connectivity index (χ3n) is 3.09. The van der Waals surface area contributed by atoms with Gasteiger partial charge in [0.05, 0.1) is 12.2 Å². The van der Waals surface area contributed by atoms with Crippen molar-refractivity contribution >= 4 is 0 Å². The van der Waals surface area contributed by atoms with Crippen molar-refractivity contribution in [3.8, 4) is 0 Å². The summed E-state index contributed by atoms with van der Waals surface area (Å²) in [7, 11) is 0. The quantitative estimate of drug-likeness (QED) is 0.791. The Morgan fingerprint density at radius 2 is 2.43 bits per heavy atom. The first-order chi connectivity index (χ1) is 6.79. The zero-order valence-corrected chi connectivity index (χ0v) is 8.82. The van der Waals surface area contributed by atoms with Gasteiger partial charge in [-0.1, -0.05) is 6.92 Å². The first-order valence-corrected chi connectivity index (χ1v) is 5.52. The Labute approximate surface area is 85.3 Å². The number of nitrogens with zero attached hydrogens (tertiary/aromatic N) is 2. The van der Waals surface area contributed by atoms with Crippen LogP contribution in [0.25, 0.3) is 0 Å². The van der Waals surface area contributed by atoms with Crippen molar-refractivity contribution < 1.29 is 0 Å². The van der Waals surface area contributed by atoms with Gasteiger partial charge < -0.3 is 5.73 Å². The number of hydrogen-bond donors (Lipinski definition) is 1. The number of aromatic nitrogens is 2. The van der Waals surface area contributed by atoms with Gasteiger partial charge in [0.15, 0.2) is 0 Å². The van der Waals surface area contributed by atoms with Crippen molar-refractivity contribution in [3.63, 3.8) is 0 Å². The van der Waals surface area contributed by atoms with E-state index in [4.69, 9.17) is 5.73 Å². The van der Waals surface area contributed by atoms with Crippen molar-refractivity contribution in [1.29, 1.82) is 0 Å². The second-order valence-corrected chi connectivity index (χ2v) is 4.46. The van der Waals surface area contributed by atoms with Crippen LogP contribution in [-0.4, -0.2) is 16.3 Å². The lowest BCUT2D eigenvalue weighted by atomic mass is 9.93. The third-order valence-corrected chi connectivity index (χ3v) is 3.09. The molecule has 1 aromatic heterocycles. The van der Waals surface area contributed by atoms with E-state index >= 15 is 0 Å². The zero-order chi connectivity index (χ0) is 9.97. The maximum Gasteiger partial charge on any atom is 0.0521 e. The third kappa shape index (κ3) is 1.98. The molecule has 0 aromatic carbocycles. The van der Waals surface area contributed by atoms with E-state index in [0.29, 0.717) is 12.0 Å². The van der Waals surface area contributed by atoms with Crippen LogP contribution in [0.2, 0.25) is 0 Å². The SMILES string of the molecule is CC(CN)Cc1cnn(C2CCC2)c1. The maximum atomic E-state index is 5.60. The first-order valence-electron chi connectivity index (χ1n) is 5.52. The van der Waals surface area contributed by atoms with Crippen LogP contribution in [0, 0.1) is 5.92 Å². The van der Waals surface area contributed by atoms with Crippen LogP contribution in [0.5, 0.6) is 0 Å². The summed E-state index contributed by atoms with van der Waals surface area (Å²) in [5.41, 5.74) is 6.93. The molecule has 1 aliphatic carbocycles. The fourth-order valence-corrected chi connectivity index (χ4v) is 1.82. The van der Waals surface area contributed by atoms with Crippen molar-refractivity contribution in [2.75, 3.05) is 6.54 Å². The van der Waals surface area contributed by atoms with E-state index in [1.54, 1.807) is 0 Å². The monoisotopic (exact) mass is 193 g/mol. The van der Waals surface area contributed by atoms with E-state index in [0.717, 1.165) is 13.0 Å². The summed E-state index contributed by atoms with van der Waals surface area (Å²) in [6.07, 6.45) is 9.20. The van der Waals surface area contributed by atoms with Crippen LogP contribution < -0.4 is 5.73 Å². The molecule has 78 valence electrons. The van der Waals surface area contributed by atoms with Gasteiger partial charge in [0.1, 0.15) is 0 Å². The summed E-state index contributed by atoms with van der Waals surface area (Å²) >= 11 is 0. The Kier molecular flexibility index (Phi) is 2.87. The van der Waals surface area contributed by atoms with E-state index in [2.05, 4.69) is 22.9 Å². The lowest BCUT2D eigenvalue weighted by Gasteiger charge is -2.25. The molecule has 1 fully saturated rings. The molecular formula is C11H19N3. The van der Waals surface area contributed by atoms with Crippen LogP contribution in [0.15, 0.2) is 12.4 Å². The predicted octanol–water partition coefficient (Wildman–Crippen LogP) is 1.75. The lowest BCUT2D eigenvalue weighted by Crippen LogP contribution is -2.17. The predicted molar refractivity (Wildman–Crippen MR) is 57.0 cm³/mol. The largest absolute Gasteiger partial charge is 0.330 e. The molecule has 0 radical (unpaired) electrons. The highest BCUT2D eigenvalue weighted by Crippen LogP contribution is 2.30. The molecule has 1 atom stereocenters. The minimum absolute atomic E-state index is 0.564. The molecule has 1 saturated carbocycles. The molecule has 0 spiro atoms. The molecule has 0 bridgehead atoms. The van der Waals surface area contributed by atoms with Crippen molar-refractivity contribution in [2.24, 2.45) is 11.7 Å². The van der Waals surface area contributed by atoms with E-state index in [9.17, 15) is 0 Å². The van der Waals surface area contributed by atoms with Crippen LogP contribution in [0.4, 0.5) is 0 Å². The van der Waals surface area contributed by atoms with Crippen molar-refractivity contribution in [3.05, 3.63) is 18.0 Å². The standard InChI is InChI=1S/C11H19N3/c1-9(6-12)5-10-7-13-14(8-10)11-3-2-4-11/h7-9,11H,2-6,12H2,1H3. The topological polar surface area (TPSA) is 43.8 Å². The molecule has 3 nitrogen and oxygen atoms in total. The molecule has 1 aliphatic rings. The second-order valence-electron chi connectivity index (χ2n) is 4.46. The Morgan fingerprint density at radius 3 is 3.00 bits per heavy atom.